The molecular formula is C14H29N3O2S. The summed E-state index contributed by atoms with van der Waals surface area (Å²) in [5, 5.41) is 3.43. The molecule has 0 spiro atoms. The van der Waals surface area contributed by atoms with Gasteiger partial charge in [-0.1, -0.05) is 13.8 Å². The average Bonchev–Trinajstić information content (AvgIpc) is 2.84. The highest BCUT2D eigenvalue weighted by atomic mass is 32.2. The largest absolute Gasteiger partial charge is 0.314 e. The molecule has 20 heavy (non-hydrogen) atoms. The maximum Gasteiger partial charge on any atom is 0.282 e. The van der Waals surface area contributed by atoms with E-state index in [4.69, 9.17) is 0 Å². The normalized spacial score (nSPS) is 30.2. The van der Waals surface area contributed by atoms with Crippen LogP contribution in [0, 0.1) is 5.92 Å². The van der Waals surface area contributed by atoms with Crippen LogP contribution in [-0.2, 0) is 10.2 Å². The molecule has 0 amide bonds. The fourth-order valence-electron chi connectivity index (χ4n) is 3.20. The molecule has 0 aromatic rings. The lowest BCUT2D eigenvalue weighted by Gasteiger charge is -2.35. The van der Waals surface area contributed by atoms with Gasteiger partial charge in [-0.25, -0.2) is 0 Å². The molecule has 2 aliphatic heterocycles. The van der Waals surface area contributed by atoms with Gasteiger partial charge in [-0.3, -0.25) is 0 Å². The first-order valence-corrected chi connectivity index (χ1v) is 9.31. The Kier molecular flexibility index (Phi) is 5.45. The van der Waals surface area contributed by atoms with Crippen LogP contribution in [0.25, 0.3) is 0 Å². The Morgan fingerprint density at radius 2 is 1.90 bits per heavy atom. The number of piperidine rings is 1. The van der Waals surface area contributed by atoms with E-state index in [0.29, 0.717) is 31.6 Å². The molecule has 0 bridgehead atoms. The SMILES string of the molecule is CC(C)NCC1CCCN(S(=O)(=O)N2CCCC2C)C1. The van der Waals surface area contributed by atoms with E-state index in [1.807, 2.05) is 6.92 Å². The first kappa shape index (κ1) is 16.2. The minimum absolute atomic E-state index is 0.161. The van der Waals surface area contributed by atoms with E-state index in [-0.39, 0.29) is 6.04 Å². The van der Waals surface area contributed by atoms with E-state index in [1.54, 1.807) is 8.61 Å². The third kappa shape index (κ3) is 3.72. The molecule has 2 saturated heterocycles. The van der Waals surface area contributed by atoms with Gasteiger partial charge in [0.05, 0.1) is 0 Å². The van der Waals surface area contributed by atoms with E-state index >= 15 is 0 Å². The number of nitrogens with zero attached hydrogens (tertiary/aromatic N) is 2. The van der Waals surface area contributed by atoms with Crippen LogP contribution >= 0.6 is 0 Å². The maximum absolute atomic E-state index is 12.7. The number of rotatable bonds is 5. The molecule has 0 aromatic heterocycles. The van der Waals surface area contributed by atoms with E-state index < -0.39 is 10.2 Å². The van der Waals surface area contributed by atoms with Crippen molar-refractivity contribution in [2.45, 2.75) is 58.5 Å². The second-order valence-corrected chi connectivity index (χ2v) is 8.42. The Labute approximate surface area is 123 Å². The van der Waals surface area contributed by atoms with Crippen molar-refractivity contribution in [2.24, 2.45) is 5.92 Å². The summed E-state index contributed by atoms with van der Waals surface area (Å²) in [6.45, 7) is 9.24. The molecule has 6 heteroatoms. The molecule has 0 radical (unpaired) electrons. The van der Waals surface area contributed by atoms with Crippen molar-refractivity contribution in [3.63, 3.8) is 0 Å². The molecule has 2 atom stereocenters. The van der Waals surface area contributed by atoms with Gasteiger partial charge >= 0.3 is 0 Å². The van der Waals surface area contributed by atoms with Crippen LogP contribution in [0.15, 0.2) is 0 Å². The zero-order chi connectivity index (χ0) is 14.8. The summed E-state index contributed by atoms with van der Waals surface area (Å²) in [5.41, 5.74) is 0. The van der Waals surface area contributed by atoms with Crippen LogP contribution in [0.1, 0.15) is 46.5 Å². The minimum Gasteiger partial charge on any atom is -0.314 e. The Morgan fingerprint density at radius 3 is 2.50 bits per heavy atom. The Balaban J connectivity index is 1.97. The van der Waals surface area contributed by atoms with Gasteiger partial charge in [0.15, 0.2) is 0 Å². The fourth-order valence-corrected chi connectivity index (χ4v) is 5.18. The monoisotopic (exact) mass is 303 g/mol. The molecule has 0 aromatic carbocycles. The van der Waals surface area contributed by atoms with E-state index in [0.717, 1.165) is 32.2 Å². The van der Waals surface area contributed by atoms with Crippen LogP contribution in [0.4, 0.5) is 0 Å². The Bertz CT molecular complexity index is 411. The summed E-state index contributed by atoms with van der Waals surface area (Å²) in [6, 6.07) is 0.620. The van der Waals surface area contributed by atoms with Crippen molar-refractivity contribution in [1.29, 1.82) is 0 Å². The highest BCUT2D eigenvalue weighted by Crippen LogP contribution is 2.26. The summed E-state index contributed by atoms with van der Waals surface area (Å²) < 4.78 is 28.8. The van der Waals surface area contributed by atoms with Crippen molar-refractivity contribution < 1.29 is 8.42 Å². The highest BCUT2D eigenvalue weighted by Gasteiger charge is 2.37. The molecule has 0 aliphatic carbocycles. The van der Waals surface area contributed by atoms with Gasteiger partial charge < -0.3 is 5.32 Å². The number of hydrogen-bond acceptors (Lipinski definition) is 3. The predicted molar refractivity (Wildman–Crippen MR) is 81.8 cm³/mol. The molecule has 5 nitrogen and oxygen atoms in total. The molecule has 2 fully saturated rings. The van der Waals surface area contributed by atoms with Crippen molar-refractivity contribution in [3.8, 4) is 0 Å². The first-order chi connectivity index (χ1) is 9.41. The van der Waals surface area contributed by atoms with E-state index in [1.165, 1.54) is 0 Å². The van der Waals surface area contributed by atoms with Gasteiger partial charge in [0.2, 0.25) is 0 Å². The van der Waals surface area contributed by atoms with Gasteiger partial charge in [0, 0.05) is 31.7 Å². The lowest BCUT2D eigenvalue weighted by atomic mass is 9.99. The molecule has 1 N–H and O–H groups in total. The summed E-state index contributed by atoms with van der Waals surface area (Å²) in [7, 11) is -3.24. The lowest BCUT2D eigenvalue weighted by molar-refractivity contribution is 0.238. The minimum atomic E-state index is -3.24. The summed E-state index contributed by atoms with van der Waals surface area (Å²) in [6.07, 6.45) is 4.09. The zero-order valence-corrected chi connectivity index (χ0v) is 13.8. The molecule has 2 rings (SSSR count). The van der Waals surface area contributed by atoms with E-state index in [9.17, 15) is 8.42 Å². The van der Waals surface area contributed by atoms with Crippen molar-refractivity contribution in [1.82, 2.24) is 13.9 Å². The molecule has 0 saturated carbocycles. The zero-order valence-electron chi connectivity index (χ0n) is 13.0. The Hall–Kier alpha value is -0.170. The third-order valence-corrected chi connectivity index (χ3v) is 6.53. The highest BCUT2D eigenvalue weighted by molar-refractivity contribution is 7.86. The topological polar surface area (TPSA) is 52.7 Å². The summed E-state index contributed by atoms with van der Waals surface area (Å²) in [5.74, 6) is 0.443. The second kappa shape index (κ2) is 6.73. The molecule has 2 aliphatic rings. The quantitative estimate of drug-likeness (QED) is 0.836. The summed E-state index contributed by atoms with van der Waals surface area (Å²) >= 11 is 0. The fraction of sp³-hybridized carbons (Fsp3) is 1.00. The number of hydrogen-bond donors (Lipinski definition) is 1. The Morgan fingerprint density at radius 1 is 1.20 bits per heavy atom. The van der Waals surface area contributed by atoms with Crippen LogP contribution in [0.5, 0.6) is 0 Å². The van der Waals surface area contributed by atoms with Crippen LogP contribution in [0.2, 0.25) is 0 Å². The molecule has 2 unspecified atom stereocenters. The van der Waals surface area contributed by atoms with Crippen LogP contribution in [-0.4, -0.2) is 55.3 Å². The standard InChI is InChI=1S/C14H29N3O2S/c1-12(2)15-10-14-7-5-8-16(11-14)20(18,19)17-9-4-6-13(17)3/h12-15H,4-11H2,1-3H3. The lowest BCUT2D eigenvalue weighted by Crippen LogP contribution is -2.50. The van der Waals surface area contributed by atoms with Gasteiger partial charge in [-0.2, -0.15) is 17.0 Å². The number of nitrogens with one attached hydrogen (secondary N) is 1. The van der Waals surface area contributed by atoms with E-state index in [2.05, 4.69) is 19.2 Å². The molecule has 118 valence electrons. The first-order valence-electron chi connectivity index (χ1n) is 7.91. The van der Waals surface area contributed by atoms with Crippen molar-refractivity contribution in [3.05, 3.63) is 0 Å². The molecule has 2 heterocycles. The predicted octanol–water partition coefficient (Wildman–Crippen LogP) is 1.43. The average molecular weight is 303 g/mol. The smallest absolute Gasteiger partial charge is 0.282 e. The van der Waals surface area contributed by atoms with Gasteiger partial charge in [0.25, 0.3) is 10.2 Å². The van der Waals surface area contributed by atoms with Crippen LogP contribution in [0.3, 0.4) is 0 Å². The van der Waals surface area contributed by atoms with Crippen LogP contribution < -0.4 is 5.32 Å². The van der Waals surface area contributed by atoms with Gasteiger partial charge in [-0.05, 0) is 45.1 Å². The van der Waals surface area contributed by atoms with Gasteiger partial charge in [-0.15, -0.1) is 0 Å². The molecular weight excluding hydrogens is 274 g/mol. The third-order valence-electron chi connectivity index (χ3n) is 4.41. The second-order valence-electron chi connectivity index (χ2n) is 6.54. The summed E-state index contributed by atoms with van der Waals surface area (Å²) in [4.78, 5) is 0. The maximum atomic E-state index is 12.7. The van der Waals surface area contributed by atoms with Crippen molar-refractivity contribution in [2.75, 3.05) is 26.2 Å². The van der Waals surface area contributed by atoms with Crippen molar-refractivity contribution >= 4 is 10.2 Å². The van der Waals surface area contributed by atoms with Gasteiger partial charge in [0.1, 0.15) is 0 Å².